The summed E-state index contributed by atoms with van der Waals surface area (Å²) < 4.78 is 0. The molecule has 2 aromatic heterocycles. The van der Waals surface area contributed by atoms with Gasteiger partial charge >= 0.3 is 5.97 Å². The molecule has 0 unspecified atom stereocenters. The van der Waals surface area contributed by atoms with Crippen molar-refractivity contribution < 1.29 is 9.90 Å². The molecule has 34 heavy (non-hydrogen) atoms. The van der Waals surface area contributed by atoms with E-state index in [-0.39, 0.29) is 5.41 Å². The summed E-state index contributed by atoms with van der Waals surface area (Å²) in [6.45, 7) is 11.2. The smallest absolute Gasteiger partial charge is 0.346 e. The normalized spacial score (nSPS) is 21.8. The van der Waals surface area contributed by atoms with Gasteiger partial charge in [-0.3, -0.25) is 9.88 Å². The Hall–Kier alpha value is -2.42. The van der Waals surface area contributed by atoms with Gasteiger partial charge in [-0.2, -0.15) is 0 Å². The van der Waals surface area contributed by atoms with E-state index in [1.807, 2.05) is 24.4 Å². The fourth-order valence-electron chi connectivity index (χ4n) is 5.08. The van der Waals surface area contributed by atoms with Crippen LogP contribution in [0.25, 0.3) is 5.57 Å². The van der Waals surface area contributed by atoms with Crippen molar-refractivity contribution in [2.45, 2.75) is 66.3 Å². The lowest BCUT2D eigenvalue weighted by atomic mass is 9.75. The number of thiophene rings is 1. The molecule has 0 spiro atoms. The maximum absolute atomic E-state index is 12.2. The Morgan fingerprint density at radius 1 is 1.24 bits per heavy atom. The number of aromatic carboxylic acids is 1. The molecular weight excluding hydrogens is 440 g/mol. The minimum atomic E-state index is -0.844. The molecule has 1 aliphatic carbocycles. The van der Waals surface area contributed by atoms with Gasteiger partial charge in [0.25, 0.3) is 0 Å². The van der Waals surface area contributed by atoms with Gasteiger partial charge in [-0.25, -0.2) is 4.79 Å². The van der Waals surface area contributed by atoms with Gasteiger partial charge in [0.2, 0.25) is 0 Å². The van der Waals surface area contributed by atoms with Crippen LogP contribution in [-0.4, -0.2) is 34.0 Å². The van der Waals surface area contributed by atoms with Crippen molar-refractivity contribution in [3.63, 3.8) is 0 Å². The molecule has 4 nitrogen and oxygen atoms in total. The molecule has 1 fully saturated rings. The molecule has 5 heteroatoms. The van der Waals surface area contributed by atoms with E-state index < -0.39 is 5.97 Å². The molecule has 0 bridgehead atoms. The van der Waals surface area contributed by atoms with E-state index in [4.69, 9.17) is 0 Å². The molecule has 4 rings (SSSR count). The van der Waals surface area contributed by atoms with Crippen LogP contribution in [-0.2, 0) is 6.54 Å². The monoisotopic (exact) mass is 476 g/mol. The first-order valence-electron chi connectivity index (χ1n) is 12.4. The number of hydrogen-bond acceptors (Lipinski definition) is 4. The molecule has 0 radical (unpaired) electrons. The van der Waals surface area contributed by atoms with Crippen LogP contribution >= 0.6 is 11.3 Å². The molecule has 1 saturated carbocycles. The van der Waals surface area contributed by atoms with Crippen molar-refractivity contribution in [2.75, 3.05) is 13.1 Å². The summed E-state index contributed by atoms with van der Waals surface area (Å²) in [5, 5.41) is 10.0. The first-order valence-corrected chi connectivity index (χ1v) is 13.3. The number of carbonyl (C=O) groups is 1. The topological polar surface area (TPSA) is 53.4 Å². The van der Waals surface area contributed by atoms with Crippen molar-refractivity contribution in [3.8, 4) is 11.8 Å². The second kappa shape index (κ2) is 10.5. The average molecular weight is 477 g/mol. The van der Waals surface area contributed by atoms with E-state index in [9.17, 15) is 9.90 Å². The first-order chi connectivity index (χ1) is 16.2. The molecular formula is C29H36N2O2S. The fraction of sp³-hybridized carbons (Fsp3) is 0.517. The summed E-state index contributed by atoms with van der Waals surface area (Å²) in [4.78, 5) is 20.5. The Morgan fingerprint density at radius 3 is 2.65 bits per heavy atom. The lowest BCUT2D eigenvalue weighted by Crippen LogP contribution is -2.34. The molecule has 0 amide bonds. The number of nitrogens with zero attached hydrogens (tertiary/aromatic N) is 2. The molecule has 1 N–H and O–H groups in total. The second-order valence-electron chi connectivity index (χ2n) is 10.9. The van der Waals surface area contributed by atoms with Gasteiger partial charge in [0.15, 0.2) is 0 Å². The largest absolute Gasteiger partial charge is 0.477 e. The maximum atomic E-state index is 12.2. The standard InChI is InChI=1S/C29H36N2O2S/c1-20-8-10-21(11-9-20)26-19-31(18-22-7-5-6-15-30-22)16-13-24(26)25-17-23(12-14-29(2,3)4)34-27(25)28(32)33/h5-7,15,17,20-21H,8-11,13,16,18-19H2,1-4H3,(H,32,33). The highest BCUT2D eigenvalue weighted by molar-refractivity contribution is 7.14. The Bertz CT molecular complexity index is 1110. The molecule has 2 aliphatic rings. The summed E-state index contributed by atoms with van der Waals surface area (Å²) in [5.41, 5.74) is 4.58. The number of rotatable bonds is 5. The van der Waals surface area contributed by atoms with Crippen molar-refractivity contribution in [3.05, 3.63) is 57.0 Å². The second-order valence-corrected chi connectivity index (χ2v) is 12.0. The Morgan fingerprint density at radius 2 is 2.00 bits per heavy atom. The van der Waals surface area contributed by atoms with Gasteiger partial charge in [-0.05, 0) is 81.2 Å². The number of aromatic nitrogens is 1. The van der Waals surface area contributed by atoms with Gasteiger partial charge in [0.05, 0.1) is 10.6 Å². The quantitative estimate of drug-likeness (QED) is 0.487. The third kappa shape index (κ3) is 6.17. The molecule has 3 heterocycles. The van der Waals surface area contributed by atoms with Gasteiger partial charge in [0, 0.05) is 36.8 Å². The van der Waals surface area contributed by atoms with E-state index in [1.54, 1.807) is 0 Å². The zero-order valence-electron chi connectivity index (χ0n) is 20.9. The molecule has 1 aliphatic heterocycles. The van der Waals surface area contributed by atoms with E-state index in [1.165, 1.54) is 48.2 Å². The molecule has 180 valence electrons. The first kappa shape index (κ1) is 24.7. The van der Waals surface area contributed by atoms with Gasteiger partial charge in [-0.15, -0.1) is 11.3 Å². The third-order valence-electron chi connectivity index (χ3n) is 6.89. The van der Waals surface area contributed by atoms with Gasteiger partial charge in [0.1, 0.15) is 4.88 Å². The minimum absolute atomic E-state index is 0.117. The van der Waals surface area contributed by atoms with Crippen LogP contribution in [0.5, 0.6) is 0 Å². The number of carboxylic acids is 1. The van der Waals surface area contributed by atoms with Crippen LogP contribution in [0.1, 0.15) is 85.6 Å². The summed E-state index contributed by atoms with van der Waals surface area (Å²) in [6.07, 6.45) is 7.62. The summed E-state index contributed by atoms with van der Waals surface area (Å²) >= 11 is 1.32. The zero-order valence-corrected chi connectivity index (χ0v) is 21.7. The molecule has 0 saturated heterocycles. The number of pyridine rings is 1. The van der Waals surface area contributed by atoms with Crippen LogP contribution in [0.2, 0.25) is 0 Å². The lowest BCUT2D eigenvalue weighted by Gasteiger charge is -2.37. The van der Waals surface area contributed by atoms with E-state index in [2.05, 4.69) is 55.5 Å². The average Bonchev–Trinajstić information content (AvgIpc) is 3.23. The summed E-state index contributed by atoms with van der Waals surface area (Å²) in [6, 6.07) is 8.13. The summed E-state index contributed by atoms with van der Waals surface area (Å²) in [5.74, 6) is 6.98. The van der Waals surface area contributed by atoms with Crippen LogP contribution in [0.3, 0.4) is 0 Å². The fourth-order valence-corrected chi connectivity index (χ4v) is 5.96. The third-order valence-corrected chi connectivity index (χ3v) is 7.93. The minimum Gasteiger partial charge on any atom is -0.477 e. The van der Waals surface area contributed by atoms with Gasteiger partial charge < -0.3 is 5.11 Å². The Balaban J connectivity index is 1.71. The van der Waals surface area contributed by atoms with Crippen molar-refractivity contribution >= 4 is 22.9 Å². The maximum Gasteiger partial charge on any atom is 0.346 e. The predicted octanol–water partition coefficient (Wildman–Crippen LogP) is 6.72. The van der Waals surface area contributed by atoms with E-state index >= 15 is 0 Å². The zero-order chi connectivity index (χ0) is 24.3. The van der Waals surface area contributed by atoms with E-state index in [0.29, 0.717) is 10.8 Å². The Labute approximate surface area is 208 Å². The van der Waals surface area contributed by atoms with Crippen LogP contribution < -0.4 is 0 Å². The lowest BCUT2D eigenvalue weighted by molar-refractivity contribution is 0.0702. The van der Waals surface area contributed by atoms with Crippen molar-refractivity contribution in [2.24, 2.45) is 17.3 Å². The highest BCUT2D eigenvalue weighted by atomic mass is 32.1. The molecule has 2 aromatic rings. The van der Waals surface area contributed by atoms with Crippen LogP contribution in [0, 0.1) is 29.1 Å². The van der Waals surface area contributed by atoms with E-state index in [0.717, 1.165) is 48.1 Å². The SMILES string of the molecule is CC1CCC(C2=C(c3cc(C#CC(C)(C)C)sc3C(=O)O)CCN(Cc3ccccn3)C2)CC1. The molecule has 0 atom stereocenters. The molecule has 0 aromatic carbocycles. The van der Waals surface area contributed by atoms with Crippen LogP contribution in [0.15, 0.2) is 36.0 Å². The highest BCUT2D eigenvalue weighted by Crippen LogP contribution is 2.42. The van der Waals surface area contributed by atoms with Crippen molar-refractivity contribution in [1.29, 1.82) is 0 Å². The van der Waals surface area contributed by atoms with Crippen molar-refractivity contribution in [1.82, 2.24) is 9.88 Å². The highest BCUT2D eigenvalue weighted by Gasteiger charge is 2.31. The number of hydrogen-bond donors (Lipinski definition) is 1. The Kier molecular flexibility index (Phi) is 7.60. The van der Waals surface area contributed by atoms with Crippen LogP contribution in [0.4, 0.5) is 0 Å². The van der Waals surface area contributed by atoms with Gasteiger partial charge in [-0.1, -0.05) is 37.7 Å². The number of carboxylic acid groups (broad SMARTS) is 1. The summed E-state index contributed by atoms with van der Waals surface area (Å²) in [7, 11) is 0. The predicted molar refractivity (Wildman–Crippen MR) is 140 cm³/mol.